The Bertz CT molecular complexity index is 114. The van der Waals surface area contributed by atoms with Crippen LogP contribution in [0.4, 0.5) is 0 Å². The van der Waals surface area contributed by atoms with E-state index < -0.39 is 0 Å². The third kappa shape index (κ3) is 2.78. The van der Waals surface area contributed by atoms with Crippen molar-refractivity contribution in [2.45, 2.75) is 52.0 Å². The molecular formula is C11H23N. The minimum absolute atomic E-state index is 0.785. The van der Waals surface area contributed by atoms with Crippen LogP contribution >= 0.6 is 0 Å². The minimum atomic E-state index is 0.785. The van der Waals surface area contributed by atoms with Gasteiger partial charge >= 0.3 is 0 Å². The van der Waals surface area contributed by atoms with E-state index in [9.17, 15) is 0 Å². The molecular weight excluding hydrogens is 146 g/mol. The van der Waals surface area contributed by atoms with Crippen LogP contribution in [0.2, 0.25) is 0 Å². The van der Waals surface area contributed by atoms with Crippen LogP contribution in [0.15, 0.2) is 0 Å². The van der Waals surface area contributed by atoms with Crippen molar-refractivity contribution in [2.75, 3.05) is 7.05 Å². The molecule has 0 aromatic rings. The summed E-state index contributed by atoms with van der Waals surface area (Å²) >= 11 is 0. The smallest absolute Gasteiger partial charge is 0.00947 e. The van der Waals surface area contributed by atoms with Gasteiger partial charge in [0.1, 0.15) is 0 Å². The maximum Gasteiger partial charge on any atom is 0.00947 e. The average Bonchev–Trinajstić information content (AvgIpc) is 2.51. The highest BCUT2D eigenvalue weighted by molar-refractivity contribution is 4.80. The maximum atomic E-state index is 3.48. The van der Waals surface area contributed by atoms with Crippen LogP contribution in [0.1, 0.15) is 46.0 Å². The summed E-state index contributed by atoms with van der Waals surface area (Å²) in [4.78, 5) is 0. The summed E-state index contributed by atoms with van der Waals surface area (Å²) in [5, 5.41) is 3.48. The van der Waals surface area contributed by atoms with Gasteiger partial charge in [0.15, 0.2) is 0 Å². The molecule has 1 rings (SSSR count). The van der Waals surface area contributed by atoms with E-state index >= 15 is 0 Å². The van der Waals surface area contributed by atoms with Gasteiger partial charge in [0, 0.05) is 6.04 Å². The van der Waals surface area contributed by atoms with Crippen LogP contribution in [-0.4, -0.2) is 13.1 Å². The second-order valence-corrected chi connectivity index (χ2v) is 4.57. The summed E-state index contributed by atoms with van der Waals surface area (Å²) in [7, 11) is 2.12. The van der Waals surface area contributed by atoms with Crippen LogP contribution in [0, 0.1) is 11.8 Å². The molecule has 12 heavy (non-hydrogen) atoms. The summed E-state index contributed by atoms with van der Waals surface area (Å²) in [6.07, 6.45) is 7.18. The number of rotatable bonds is 4. The van der Waals surface area contributed by atoms with Crippen LogP contribution in [-0.2, 0) is 0 Å². The van der Waals surface area contributed by atoms with Crippen molar-refractivity contribution in [3.63, 3.8) is 0 Å². The molecule has 0 spiro atoms. The quantitative estimate of drug-likeness (QED) is 0.682. The molecule has 0 amide bonds. The molecule has 0 aliphatic heterocycles. The molecule has 0 bridgehead atoms. The number of hydrogen-bond acceptors (Lipinski definition) is 1. The van der Waals surface area contributed by atoms with E-state index in [1.54, 1.807) is 0 Å². The second-order valence-electron chi connectivity index (χ2n) is 4.57. The summed E-state index contributed by atoms with van der Waals surface area (Å²) in [5.41, 5.74) is 0. The van der Waals surface area contributed by atoms with Crippen molar-refractivity contribution < 1.29 is 0 Å². The lowest BCUT2D eigenvalue weighted by Gasteiger charge is -2.24. The van der Waals surface area contributed by atoms with Gasteiger partial charge in [-0.15, -0.1) is 0 Å². The monoisotopic (exact) mass is 169 g/mol. The normalized spacial score (nSPS) is 22.0. The molecule has 0 aromatic carbocycles. The Labute approximate surface area is 76.9 Å². The number of nitrogens with one attached hydrogen (secondary N) is 1. The van der Waals surface area contributed by atoms with Crippen molar-refractivity contribution in [1.82, 2.24) is 5.32 Å². The summed E-state index contributed by atoms with van der Waals surface area (Å²) < 4.78 is 0. The number of hydrogen-bond donors (Lipinski definition) is 1. The van der Waals surface area contributed by atoms with E-state index in [2.05, 4.69) is 26.2 Å². The highest BCUT2D eigenvalue weighted by atomic mass is 14.9. The van der Waals surface area contributed by atoms with Gasteiger partial charge in [-0.2, -0.15) is 0 Å². The average molecular weight is 169 g/mol. The predicted molar refractivity (Wildman–Crippen MR) is 54.3 cm³/mol. The minimum Gasteiger partial charge on any atom is -0.317 e. The molecule has 1 nitrogen and oxygen atoms in total. The topological polar surface area (TPSA) is 12.0 Å². The zero-order valence-corrected chi connectivity index (χ0v) is 8.77. The lowest BCUT2D eigenvalue weighted by Crippen LogP contribution is -2.33. The van der Waals surface area contributed by atoms with E-state index in [1.165, 1.54) is 32.1 Å². The molecule has 1 aliphatic rings. The Morgan fingerprint density at radius 1 is 1.25 bits per heavy atom. The Morgan fingerprint density at radius 3 is 2.25 bits per heavy atom. The van der Waals surface area contributed by atoms with Crippen LogP contribution in [0.5, 0.6) is 0 Å². The molecule has 1 N–H and O–H groups in total. The standard InChI is InChI=1S/C11H23N/c1-9(2)8-11(12-3)10-6-4-5-7-10/h9-12H,4-8H2,1-3H3/t11-/m0/s1. The third-order valence-electron chi connectivity index (χ3n) is 3.06. The first-order valence-electron chi connectivity index (χ1n) is 5.41. The molecule has 1 saturated carbocycles. The fraction of sp³-hybridized carbons (Fsp3) is 1.00. The van der Waals surface area contributed by atoms with Crippen molar-refractivity contribution >= 4 is 0 Å². The molecule has 0 heterocycles. The van der Waals surface area contributed by atoms with Gasteiger partial charge in [0.25, 0.3) is 0 Å². The second kappa shape index (κ2) is 4.86. The first-order chi connectivity index (χ1) is 5.74. The summed E-state index contributed by atoms with van der Waals surface area (Å²) in [6.45, 7) is 4.64. The van der Waals surface area contributed by atoms with Gasteiger partial charge in [0.05, 0.1) is 0 Å². The highest BCUT2D eigenvalue weighted by Gasteiger charge is 2.23. The van der Waals surface area contributed by atoms with Crippen LogP contribution in [0.3, 0.4) is 0 Å². The largest absolute Gasteiger partial charge is 0.317 e. The van der Waals surface area contributed by atoms with Gasteiger partial charge in [-0.25, -0.2) is 0 Å². The fourth-order valence-corrected chi connectivity index (χ4v) is 2.41. The Balaban J connectivity index is 2.32. The van der Waals surface area contributed by atoms with Gasteiger partial charge < -0.3 is 5.32 Å². The molecule has 0 unspecified atom stereocenters. The molecule has 1 heteroatoms. The fourth-order valence-electron chi connectivity index (χ4n) is 2.41. The lowest BCUT2D eigenvalue weighted by atomic mass is 9.91. The van der Waals surface area contributed by atoms with Gasteiger partial charge in [-0.1, -0.05) is 26.7 Å². The van der Waals surface area contributed by atoms with Crippen molar-refractivity contribution in [3.8, 4) is 0 Å². The maximum absolute atomic E-state index is 3.48. The SMILES string of the molecule is CN[C@@H](CC(C)C)C1CCCC1. The van der Waals surface area contributed by atoms with E-state index in [4.69, 9.17) is 0 Å². The molecule has 0 saturated heterocycles. The van der Waals surface area contributed by atoms with Crippen molar-refractivity contribution in [2.24, 2.45) is 11.8 Å². The predicted octanol–water partition coefficient (Wildman–Crippen LogP) is 2.81. The first kappa shape index (κ1) is 10.0. The van der Waals surface area contributed by atoms with Crippen molar-refractivity contribution in [3.05, 3.63) is 0 Å². The molecule has 0 aromatic heterocycles. The molecule has 1 aliphatic carbocycles. The molecule has 1 fully saturated rings. The molecule has 72 valence electrons. The Hall–Kier alpha value is -0.0400. The van der Waals surface area contributed by atoms with Crippen molar-refractivity contribution in [1.29, 1.82) is 0 Å². The van der Waals surface area contributed by atoms with Gasteiger partial charge in [-0.3, -0.25) is 0 Å². The highest BCUT2D eigenvalue weighted by Crippen LogP contribution is 2.29. The summed E-state index contributed by atoms with van der Waals surface area (Å²) in [5.74, 6) is 1.81. The molecule has 0 radical (unpaired) electrons. The van der Waals surface area contributed by atoms with E-state index in [-0.39, 0.29) is 0 Å². The third-order valence-corrected chi connectivity index (χ3v) is 3.06. The zero-order chi connectivity index (χ0) is 8.97. The van der Waals surface area contributed by atoms with Gasteiger partial charge in [-0.05, 0) is 38.1 Å². The molecule has 1 atom stereocenters. The Kier molecular flexibility index (Phi) is 4.07. The Morgan fingerprint density at radius 2 is 1.83 bits per heavy atom. The van der Waals surface area contributed by atoms with Gasteiger partial charge in [0.2, 0.25) is 0 Å². The van der Waals surface area contributed by atoms with Crippen LogP contribution in [0.25, 0.3) is 0 Å². The van der Waals surface area contributed by atoms with E-state index in [0.717, 1.165) is 17.9 Å². The zero-order valence-electron chi connectivity index (χ0n) is 8.77. The van der Waals surface area contributed by atoms with Crippen LogP contribution < -0.4 is 5.32 Å². The van der Waals surface area contributed by atoms with E-state index in [1.807, 2.05) is 0 Å². The van der Waals surface area contributed by atoms with E-state index in [0.29, 0.717) is 0 Å². The summed E-state index contributed by atoms with van der Waals surface area (Å²) in [6, 6.07) is 0.785. The lowest BCUT2D eigenvalue weighted by molar-refractivity contribution is 0.325. The first-order valence-corrected chi connectivity index (χ1v) is 5.41.